The third-order valence-electron chi connectivity index (χ3n) is 2.30. The number of nitrogens with one attached hydrogen (secondary N) is 1. The zero-order valence-corrected chi connectivity index (χ0v) is 10.3. The average Bonchev–Trinajstić information content (AvgIpc) is 2.89. The number of allylic oxidation sites excluding steroid dienone is 1. The molecular formula is C12H9N3O2S. The van der Waals surface area contributed by atoms with E-state index < -0.39 is 5.97 Å². The fraction of sp³-hybridized carbons (Fsp3) is 0.0833. The molecule has 1 aromatic carbocycles. The molecule has 0 saturated carbocycles. The van der Waals surface area contributed by atoms with Crippen LogP contribution < -0.4 is 4.83 Å². The minimum Gasteiger partial charge on any atom is -0.465 e. The largest absolute Gasteiger partial charge is 0.465 e. The summed E-state index contributed by atoms with van der Waals surface area (Å²) in [5.74, 6) is -0.660. The van der Waals surface area contributed by atoms with Gasteiger partial charge in [-0.25, -0.2) is 9.63 Å². The first-order valence-electron chi connectivity index (χ1n) is 5.06. The van der Waals surface area contributed by atoms with Crippen molar-refractivity contribution in [2.24, 2.45) is 5.10 Å². The lowest BCUT2D eigenvalue weighted by Crippen LogP contribution is -2.09. The molecule has 0 saturated heterocycles. The van der Waals surface area contributed by atoms with Gasteiger partial charge >= 0.3 is 5.97 Å². The van der Waals surface area contributed by atoms with E-state index in [0.717, 1.165) is 17.5 Å². The topological polar surface area (TPSA) is 74.5 Å². The number of benzene rings is 1. The smallest absolute Gasteiger partial charge is 0.349 e. The molecule has 2 rings (SSSR count). The molecule has 0 aromatic heterocycles. The number of hydrogen-bond donors (Lipinski definition) is 1. The second-order valence-electron chi connectivity index (χ2n) is 3.33. The molecule has 1 aromatic rings. The van der Waals surface area contributed by atoms with Crippen molar-refractivity contribution >= 4 is 23.6 Å². The molecule has 0 atom stereocenters. The number of methoxy groups -OCH3 is 1. The van der Waals surface area contributed by atoms with Crippen molar-refractivity contribution in [3.8, 4) is 6.07 Å². The van der Waals surface area contributed by atoms with E-state index >= 15 is 0 Å². The van der Waals surface area contributed by atoms with Crippen LogP contribution >= 0.6 is 11.9 Å². The molecule has 0 radical (unpaired) electrons. The molecule has 0 unspecified atom stereocenters. The summed E-state index contributed by atoms with van der Waals surface area (Å²) >= 11 is 1.12. The standard InChI is InChI=1S/C12H9N3O2S/c1-17-12(16)9(7-13)11-10(14-15-18-11)8-5-3-2-4-6-8/h2-6,15H,1H3/b11-9-. The van der Waals surface area contributed by atoms with Crippen molar-refractivity contribution in [3.05, 3.63) is 46.4 Å². The SMILES string of the molecule is COC(=O)/C(C#N)=C1\SNN=C1c1ccccc1. The van der Waals surface area contributed by atoms with Crippen LogP contribution in [0.25, 0.3) is 0 Å². The van der Waals surface area contributed by atoms with Crippen molar-refractivity contribution in [1.29, 1.82) is 5.26 Å². The first-order valence-corrected chi connectivity index (χ1v) is 5.87. The highest BCUT2D eigenvalue weighted by Gasteiger charge is 2.25. The van der Waals surface area contributed by atoms with Crippen LogP contribution in [-0.2, 0) is 9.53 Å². The molecule has 0 fully saturated rings. The lowest BCUT2D eigenvalue weighted by Gasteiger charge is -2.03. The van der Waals surface area contributed by atoms with Gasteiger partial charge in [0, 0.05) is 17.5 Å². The fourth-order valence-corrected chi connectivity index (χ4v) is 2.18. The van der Waals surface area contributed by atoms with Crippen LogP contribution in [0.2, 0.25) is 0 Å². The predicted octanol–water partition coefficient (Wildman–Crippen LogP) is 1.59. The van der Waals surface area contributed by atoms with Gasteiger partial charge in [-0.2, -0.15) is 10.4 Å². The summed E-state index contributed by atoms with van der Waals surface area (Å²) in [5, 5.41) is 13.1. The van der Waals surface area contributed by atoms with Gasteiger partial charge in [-0.05, 0) is 0 Å². The number of rotatable bonds is 2. The molecule has 0 spiro atoms. The maximum absolute atomic E-state index is 11.5. The monoisotopic (exact) mass is 259 g/mol. The maximum atomic E-state index is 11.5. The van der Waals surface area contributed by atoms with E-state index in [-0.39, 0.29) is 5.57 Å². The number of carbonyl (C=O) groups is 1. The molecule has 0 aliphatic carbocycles. The van der Waals surface area contributed by atoms with Gasteiger partial charge in [0.2, 0.25) is 0 Å². The van der Waals surface area contributed by atoms with E-state index in [9.17, 15) is 4.79 Å². The Morgan fingerprint density at radius 1 is 1.44 bits per heavy atom. The van der Waals surface area contributed by atoms with Crippen LogP contribution in [-0.4, -0.2) is 18.8 Å². The van der Waals surface area contributed by atoms with Crippen LogP contribution in [0.15, 0.2) is 45.9 Å². The summed E-state index contributed by atoms with van der Waals surface area (Å²) in [6, 6.07) is 11.2. The van der Waals surface area contributed by atoms with Crippen LogP contribution in [0.4, 0.5) is 0 Å². The van der Waals surface area contributed by atoms with Gasteiger partial charge in [-0.1, -0.05) is 30.3 Å². The van der Waals surface area contributed by atoms with Crippen LogP contribution in [0, 0.1) is 11.3 Å². The Balaban J connectivity index is 2.47. The summed E-state index contributed by atoms with van der Waals surface area (Å²) in [6.45, 7) is 0. The van der Waals surface area contributed by atoms with Crippen molar-refractivity contribution in [2.45, 2.75) is 0 Å². The van der Waals surface area contributed by atoms with Gasteiger partial charge in [0.1, 0.15) is 11.8 Å². The van der Waals surface area contributed by atoms with E-state index in [1.54, 1.807) is 0 Å². The fourth-order valence-electron chi connectivity index (χ4n) is 1.47. The number of ether oxygens (including phenoxy) is 1. The molecular weight excluding hydrogens is 250 g/mol. The summed E-state index contributed by atoms with van der Waals surface area (Å²) in [7, 11) is 1.24. The molecule has 1 aliphatic heterocycles. The number of nitriles is 1. The normalized spacial score (nSPS) is 16.3. The summed E-state index contributed by atoms with van der Waals surface area (Å²) in [6.07, 6.45) is 0. The molecule has 90 valence electrons. The van der Waals surface area contributed by atoms with E-state index in [4.69, 9.17) is 5.26 Å². The Morgan fingerprint density at radius 2 is 2.17 bits per heavy atom. The van der Waals surface area contributed by atoms with Gasteiger partial charge in [0.25, 0.3) is 0 Å². The van der Waals surface area contributed by atoms with Gasteiger partial charge in [-0.3, -0.25) is 0 Å². The summed E-state index contributed by atoms with van der Waals surface area (Å²) in [4.78, 5) is 14.7. The molecule has 1 aliphatic rings. The molecule has 5 nitrogen and oxygen atoms in total. The Hall–Kier alpha value is -2.26. The second kappa shape index (κ2) is 5.38. The lowest BCUT2D eigenvalue weighted by atomic mass is 10.1. The second-order valence-corrected chi connectivity index (χ2v) is 4.12. The third kappa shape index (κ3) is 2.21. The minimum absolute atomic E-state index is 0.0462. The van der Waals surface area contributed by atoms with Crippen LogP contribution in [0.5, 0.6) is 0 Å². The highest BCUT2D eigenvalue weighted by atomic mass is 32.2. The molecule has 1 N–H and O–H groups in total. The number of hydrazone groups is 1. The van der Waals surface area contributed by atoms with E-state index in [2.05, 4.69) is 14.7 Å². The van der Waals surface area contributed by atoms with Crippen molar-refractivity contribution in [3.63, 3.8) is 0 Å². The number of carbonyl (C=O) groups excluding carboxylic acids is 1. The minimum atomic E-state index is -0.660. The predicted molar refractivity (Wildman–Crippen MR) is 68.4 cm³/mol. The van der Waals surface area contributed by atoms with E-state index in [1.807, 2.05) is 36.4 Å². The molecule has 1 heterocycles. The number of nitrogens with zero attached hydrogens (tertiary/aromatic N) is 2. The Labute approximate surface area is 108 Å². The van der Waals surface area contributed by atoms with Crippen LogP contribution in [0.3, 0.4) is 0 Å². The van der Waals surface area contributed by atoms with Gasteiger partial charge < -0.3 is 4.74 Å². The molecule has 6 heteroatoms. The van der Waals surface area contributed by atoms with Gasteiger partial charge in [0.05, 0.1) is 12.0 Å². The van der Waals surface area contributed by atoms with Gasteiger partial charge in [-0.15, -0.1) is 0 Å². The maximum Gasteiger partial charge on any atom is 0.349 e. The molecule has 18 heavy (non-hydrogen) atoms. The Morgan fingerprint density at radius 3 is 2.78 bits per heavy atom. The van der Waals surface area contributed by atoms with Crippen molar-refractivity contribution < 1.29 is 9.53 Å². The molecule has 0 bridgehead atoms. The first-order chi connectivity index (χ1) is 8.77. The van der Waals surface area contributed by atoms with E-state index in [0.29, 0.717) is 10.6 Å². The number of hydrogen-bond acceptors (Lipinski definition) is 6. The van der Waals surface area contributed by atoms with Crippen molar-refractivity contribution in [2.75, 3.05) is 7.11 Å². The first kappa shape index (κ1) is 12.2. The lowest BCUT2D eigenvalue weighted by molar-refractivity contribution is -0.135. The van der Waals surface area contributed by atoms with Crippen molar-refractivity contribution in [1.82, 2.24) is 4.83 Å². The zero-order chi connectivity index (χ0) is 13.0. The van der Waals surface area contributed by atoms with Crippen LogP contribution in [0.1, 0.15) is 5.56 Å². The Bertz CT molecular complexity index is 573. The highest BCUT2D eigenvalue weighted by Crippen LogP contribution is 2.27. The average molecular weight is 259 g/mol. The van der Waals surface area contributed by atoms with Gasteiger partial charge in [0.15, 0.2) is 5.57 Å². The summed E-state index contributed by atoms with van der Waals surface area (Å²) < 4.78 is 4.58. The zero-order valence-electron chi connectivity index (χ0n) is 9.51. The van der Waals surface area contributed by atoms with E-state index in [1.165, 1.54) is 7.11 Å². The molecule has 0 amide bonds. The number of esters is 1. The quantitative estimate of drug-likeness (QED) is 0.378. The highest BCUT2D eigenvalue weighted by molar-refractivity contribution is 8.02. The Kier molecular flexibility index (Phi) is 3.65. The summed E-state index contributed by atoms with van der Waals surface area (Å²) in [5.41, 5.74) is 1.36. The third-order valence-corrected chi connectivity index (χ3v) is 3.08.